The first kappa shape index (κ1) is 16.1. The van der Waals surface area contributed by atoms with Crippen molar-refractivity contribution in [2.75, 3.05) is 0 Å². The van der Waals surface area contributed by atoms with Crippen LogP contribution >= 0.6 is 31.9 Å². The summed E-state index contributed by atoms with van der Waals surface area (Å²) in [6, 6.07) is 24.8. The van der Waals surface area contributed by atoms with Crippen LogP contribution in [-0.2, 0) is 5.41 Å². The molecule has 0 nitrogen and oxygen atoms in total. The summed E-state index contributed by atoms with van der Waals surface area (Å²) in [6.45, 7) is 0. The van der Waals surface area contributed by atoms with E-state index in [9.17, 15) is 0 Å². The van der Waals surface area contributed by atoms with Gasteiger partial charge in [0.25, 0.3) is 0 Å². The molecule has 2 unspecified atom stereocenters. The molecule has 0 saturated carbocycles. The first-order valence-corrected chi connectivity index (χ1v) is 10.8. The first-order chi connectivity index (χ1) is 13.2. The van der Waals surface area contributed by atoms with Gasteiger partial charge in [-0.3, -0.25) is 0 Å². The zero-order chi connectivity index (χ0) is 18.2. The van der Waals surface area contributed by atoms with Crippen molar-refractivity contribution in [1.82, 2.24) is 0 Å². The van der Waals surface area contributed by atoms with Crippen LogP contribution in [0.3, 0.4) is 0 Å². The maximum atomic E-state index is 3.76. The van der Waals surface area contributed by atoms with E-state index in [1.807, 2.05) is 0 Å². The van der Waals surface area contributed by atoms with Crippen LogP contribution in [0, 0.1) is 5.92 Å². The van der Waals surface area contributed by atoms with Crippen molar-refractivity contribution >= 4 is 31.9 Å². The van der Waals surface area contributed by atoms with E-state index in [1.54, 1.807) is 0 Å². The fourth-order valence-corrected chi connectivity index (χ4v) is 6.39. The second kappa shape index (κ2) is 5.56. The largest absolute Gasteiger partial charge is 0.0752 e. The quantitative estimate of drug-likeness (QED) is 0.319. The molecule has 0 fully saturated rings. The van der Waals surface area contributed by atoms with Crippen LogP contribution in [0.5, 0.6) is 0 Å². The van der Waals surface area contributed by atoms with Gasteiger partial charge in [0.2, 0.25) is 0 Å². The number of allylic oxidation sites excluding steroid dienone is 4. The lowest BCUT2D eigenvalue weighted by molar-refractivity contribution is 0.465. The smallest absolute Gasteiger partial charge is 0.0538 e. The third-order valence-electron chi connectivity index (χ3n) is 6.48. The average molecular weight is 476 g/mol. The van der Waals surface area contributed by atoms with Crippen LogP contribution in [0.4, 0.5) is 0 Å². The normalized spacial score (nSPS) is 22.8. The van der Waals surface area contributed by atoms with Crippen LogP contribution in [0.2, 0.25) is 0 Å². The molecule has 0 radical (unpaired) electrons. The Hall–Kier alpha value is -1.90. The molecule has 27 heavy (non-hydrogen) atoms. The molecule has 0 aromatic heterocycles. The van der Waals surface area contributed by atoms with E-state index in [2.05, 4.69) is 117 Å². The van der Waals surface area contributed by atoms with Gasteiger partial charge in [0.05, 0.1) is 5.41 Å². The van der Waals surface area contributed by atoms with E-state index in [4.69, 9.17) is 0 Å². The van der Waals surface area contributed by atoms with Crippen molar-refractivity contribution in [3.05, 3.63) is 116 Å². The van der Waals surface area contributed by atoms with Gasteiger partial charge in [0.15, 0.2) is 0 Å². The van der Waals surface area contributed by atoms with Gasteiger partial charge < -0.3 is 0 Å². The van der Waals surface area contributed by atoms with E-state index in [0.717, 1.165) is 4.47 Å². The van der Waals surface area contributed by atoms with Crippen LogP contribution in [-0.4, -0.2) is 0 Å². The zero-order valence-corrected chi connectivity index (χ0v) is 17.7. The van der Waals surface area contributed by atoms with E-state index in [0.29, 0.717) is 11.8 Å². The minimum absolute atomic E-state index is 0.138. The lowest BCUT2D eigenvalue weighted by atomic mass is 9.65. The molecular weight excluding hydrogens is 460 g/mol. The molecule has 1 spiro atoms. The van der Waals surface area contributed by atoms with Crippen molar-refractivity contribution in [2.45, 2.75) is 11.3 Å². The molecule has 0 N–H and O–H groups in total. The SMILES string of the molecule is BrC1=CC2C(C=C1)c1ccc(Br)cc1C21c2ccccc2-c2ccccc21. The van der Waals surface area contributed by atoms with Gasteiger partial charge in [-0.1, -0.05) is 105 Å². The second-order valence-electron chi connectivity index (χ2n) is 7.59. The van der Waals surface area contributed by atoms with Crippen molar-refractivity contribution in [2.24, 2.45) is 5.92 Å². The van der Waals surface area contributed by atoms with E-state index >= 15 is 0 Å². The third kappa shape index (κ3) is 1.93. The Morgan fingerprint density at radius 1 is 0.741 bits per heavy atom. The molecule has 2 atom stereocenters. The molecule has 6 rings (SSSR count). The van der Waals surface area contributed by atoms with Crippen molar-refractivity contribution in [1.29, 1.82) is 0 Å². The van der Waals surface area contributed by atoms with Gasteiger partial charge in [0, 0.05) is 20.8 Å². The van der Waals surface area contributed by atoms with Crippen molar-refractivity contribution in [3.63, 3.8) is 0 Å². The number of fused-ring (bicyclic) bond motifs is 10. The van der Waals surface area contributed by atoms with Crippen LogP contribution in [0.1, 0.15) is 28.2 Å². The molecular formula is C25H16Br2. The van der Waals surface area contributed by atoms with Crippen molar-refractivity contribution < 1.29 is 0 Å². The Morgan fingerprint density at radius 3 is 2.11 bits per heavy atom. The van der Waals surface area contributed by atoms with Gasteiger partial charge >= 0.3 is 0 Å². The summed E-state index contributed by atoms with van der Waals surface area (Å²) < 4.78 is 2.32. The summed E-state index contributed by atoms with van der Waals surface area (Å²) in [5, 5.41) is 0. The number of rotatable bonds is 0. The summed E-state index contributed by atoms with van der Waals surface area (Å²) in [7, 11) is 0. The molecule has 2 heteroatoms. The fraction of sp³-hybridized carbons (Fsp3) is 0.120. The minimum atomic E-state index is -0.138. The molecule has 130 valence electrons. The molecule has 0 aliphatic heterocycles. The highest BCUT2D eigenvalue weighted by atomic mass is 79.9. The molecule has 3 aliphatic rings. The topological polar surface area (TPSA) is 0 Å². The summed E-state index contributed by atoms with van der Waals surface area (Å²) in [5.74, 6) is 0.764. The highest BCUT2D eigenvalue weighted by Gasteiger charge is 2.57. The summed E-state index contributed by atoms with van der Waals surface area (Å²) in [6.07, 6.45) is 7.01. The Bertz CT molecular complexity index is 1120. The molecule has 0 saturated heterocycles. The predicted molar refractivity (Wildman–Crippen MR) is 118 cm³/mol. The van der Waals surface area contributed by atoms with Gasteiger partial charge in [-0.15, -0.1) is 0 Å². The maximum Gasteiger partial charge on any atom is 0.0538 e. The minimum Gasteiger partial charge on any atom is -0.0752 e. The van der Waals surface area contributed by atoms with E-state index in [1.165, 1.54) is 37.9 Å². The number of hydrogen-bond acceptors (Lipinski definition) is 0. The van der Waals surface area contributed by atoms with Gasteiger partial charge in [0.1, 0.15) is 0 Å². The number of hydrogen-bond donors (Lipinski definition) is 0. The molecule has 0 amide bonds. The van der Waals surface area contributed by atoms with E-state index in [-0.39, 0.29) is 5.41 Å². The van der Waals surface area contributed by atoms with Crippen molar-refractivity contribution in [3.8, 4) is 11.1 Å². The second-order valence-corrected chi connectivity index (χ2v) is 9.42. The molecule has 0 bridgehead atoms. The Labute approximate surface area is 175 Å². The van der Waals surface area contributed by atoms with Crippen LogP contribution in [0.25, 0.3) is 11.1 Å². The molecule has 0 heterocycles. The van der Waals surface area contributed by atoms with Crippen LogP contribution in [0.15, 0.2) is 93.9 Å². The van der Waals surface area contributed by atoms with Gasteiger partial charge in [-0.2, -0.15) is 0 Å². The fourth-order valence-electron chi connectivity index (χ4n) is 5.60. The Morgan fingerprint density at radius 2 is 1.41 bits per heavy atom. The molecule has 3 aliphatic carbocycles. The first-order valence-electron chi connectivity index (χ1n) is 9.26. The van der Waals surface area contributed by atoms with Crippen LogP contribution < -0.4 is 0 Å². The van der Waals surface area contributed by atoms with E-state index < -0.39 is 0 Å². The number of benzene rings is 3. The average Bonchev–Trinajstić information content (AvgIpc) is 3.14. The Kier molecular flexibility index (Phi) is 3.31. The lowest BCUT2D eigenvalue weighted by Gasteiger charge is -2.36. The Balaban J connectivity index is 1.81. The third-order valence-corrected chi connectivity index (χ3v) is 7.50. The lowest BCUT2D eigenvalue weighted by Crippen LogP contribution is -2.33. The summed E-state index contributed by atoms with van der Waals surface area (Å²) in [5.41, 5.74) is 8.36. The summed E-state index contributed by atoms with van der Waals surface area (Å²) in [4.78, 5) is 0. The molecule has 3 aromatic rings. The predicted octanol–water partition coefficient (Wildman–Crippen LogP) is 7.33. The van der Waals surface area contributed by atoms with Gasteiger partial charge in [-0.05, 0) is 45.5 Å². The number of halogens is 2. The standard InChI is InChI=1S/C25H16Br2/c26-15-9-11-19-20-12-10-16(27)14-24(20)25(23(19)13-15)21-7-3-1-5-17(21)18-6-2-4-8-22(18)25/h1-14,19,23H. The molecule has 3 aromatic carbocycles. The summed E-state index contributed by atoms with van der Waals surface area (Å²) >= 11 is 7.50. The highest BCUT2D eigenvalue weighted by molar-refractivity contribution is 9.12. The zero-order valence-electron chi connectivity index (χ0n) is 14.5. The highest BCUT2D eigenvalue weighted by Crippen LogP contribution is 2.65. The maximum absolute atomic E-state index is 3.76. The monoisotopic (exact) mass is 474 g/mol. The van der Waals surface area contributed by atoms with Gasteiger partial charge in [-0.25, -0.2) is 0 Å².